The van der Waals surface area contributed by atoms with Crippen molar-refractivity contribution in [3.63, 3.8) is 0 Å². The molecule has 0 aromatic rings. The maximum atomic E-state index is 7.90. The zero-order chi connectivity index (χ0) is 42.7. The molecule has 7 unspecified atom stereocenters. The van der Waals surface area contributed by atoms with Crippen LogP contribution in [0.5, 0.6) is 0 Å². The smallest absolute Gasteiger partial charge is 0.349 e. The third-order valence-corrected chi connectivity index (χ3v) is 14.5. The summed E-state index contributed by atoms with van der Waals surface area (Å²) in [6, 6.07) is 0. The number of morpholine rings is 1. The van der Waals surface area contributed by atoms with E-state index >= 15 is 0 Å². The van der Waals surface area contributed by atoms with Crippen LogP contribution in [0.25, 0.3) is 0 Å². The molecule has 15 nitrogen and oxygen atoms in total. The highest BCUT2D eigenvalue weighted by Gasteiger charge is 2.88. The normalized spacial score (nSPS) is 37.1. The SMILES string of the molecule is CCOC1OC(OCC2CCCC2)(OC2CCOC2OC)C(OCC2CC2)(OC2CCCCC2)C(OC2CCCC2)(OC2CCC2)C1(OCCCN1CCOCC1)OCCOC. The molecule has 62 heavy (non-hydrogen) atoms. The molecule has 3 saturated heterocycles. The molecule has 7 atom stereocenters. The minimum atomic E-state index is -2.12. The van der Waals surface area contributed by atoms with E-state index in [0.717, 1.165) is 148 Å². The van der Waals surface area contributed by atoms with Gasteiger partial charge in [-0.2, -0.15) is 0 Å². The predicted octanol–water partition coefficient (Wildman–Crippen LogP) is 6.81. The number of methoxy groups -OCH3 is 2. The fraction of sp³-hybridized carbons (Fsp3) is 1.00. The van der Waals surface area contributed by atoms with E-state index in [9.17, 15) is 0 Å². The Morgan fingerprint density at radius 3 is 1.82 bits per heavy atom. The van der Waals surface area contributed by atoms with E-state index < -0.39 is 42.0 Å². The molecular formula is C47H81NO14. The first-order valence-corrected chi connectivity index (χ1v) is 25.0. The molecule has 8 fully saturated rings. The van der Waals surface area contributed by atoms with E-state index in [0.29, 0.717) is 38.6 Å². The minimum Gasteiger partial charge on any atom is -0.382 e. The van der Waals surface area contributed by atoms with E-state index in [2.05, 4.69) is 4.90 Å². The van der Waals surface area contributed by atoms with Crippen molar-refractivity contribution in [2.24, 2.45) is 11.8 Å². The lowest BCUT2D eigenvalue weighted by Crippen LogP contribution is -2.90. The summed E-state index contributed by atoms with van der Waals surface area (Å²) in [5.41, 5.74) is 0. The molecule has 0 bridgehead atoms. The Bertz CT molecular complexity index is 1300. The summed E-state index contributed by atoms with van der Waals surface area (Å²) < 4.78 is 99.0. The molecule has 0 amide bonds. The highest BCUT2D eigenvalue weighted by atomic mass is 17.0. The van der Waals surface area contributed by atoms with Crippen LogP contribution in [0.4, 0.5) is 0 Å². The van der Waals surface area contributed by atoms with Gasteiger partial charge in [-0.25, -0.2) is 0 Å². The summed E-state index contributed by atoms with van der Waals surface area (Å²) in [6.45, 7) is 8.01. The summed E-state index contributed by atoms with van der Waals surface area (Å²) in [5.74, 6) is -7.53. The third kappa shape index (κ3) is 10.7. The molecule has 8 aliphatic rings. The lowest BCUT2D eigenvalue weighted by atomic mass is 9.85. The van der Waals surface area contributed by atoms with Crippen LogP contribution in [0.3, 0.4) is 0 Å². The molecule has 358 valence electrons. The van der Waals surface area contributed by atoms with Crippen molar-refractivity contribution in [3.05, 3.63) is 0 Å². The Morgan fingerprint density at radius 1 is 0.581 bits per heavy atom. The fourth-order valence-corrected chi connectivity index (χ4v) is 10.5. The van der Waals surface area contributed by atoms with Crippen LogP contribution in [0, 0.1) is 11.8 Å². The second-order valence-electron chi connectivity index (χ2n) is 19.1. The van der Waals surface area contributed by atoms with Gasteiger partial charge in [0.25, 0.3) is 11.6 Å². The van der Waals surface area contributed by atoms with Gasteiger partial charge in [-0.1, -0.05) is 44.9 Å². The zero-order valence-electron chi connectivity index (χ0n) is 38.4. The molecule has 0 aromatic heterocycles. The van der Waals surface area contributed by atoms with E-state index in [4.69, 9.17) is 66.3 Å². The maximum absolute atomic E-state index is 7.90. The average Bonchev–Trinajstić information content (AvgIpc) is 3.59. The van der Waals surface area contributed by atoms with Crippen molar-refractivity contribution in [1.82, 2.24) is 4.90 Å². The zero-order valence-corrected chi connectivity index (χ0v) is 38.4. The van der Waals surface area contributed by atoms with Gasteiger partial charge in [-0.3, -0.25) is 9.64 Å². The monoisotopic (exact) mass is 884 g/mol. The Labute approximate surface area is 371 Å². The molecule has 5 aliphatic carbocycles. The van der Waals surface area contributed by atoms with Crippen LogP contribution in [0.2, 0.25) is 0 Å². The largest absolute Gasteiger partial charge is 0.382 e. The van der Waals surface area contributed by atoms with Gasteiger partial charge in [-0.15, -0.1) is 0 Å². The summed E-state index contributed by atoms with van der Waals surface area (Å²) in [7, 11) is 3.32. The quantitative estimate of drug-likeness (QED) is 0.0665. The van der Waals surface area contributed by atoms with E-state index in [1.54, 1.807) is 14.2 Å². The average molecular weight is 884 g/mol. The molecule has 0 radical (unpaired) electrons. The van der Waals surface area contributed by atoms with Gasteiger partial charge in [0.2, 0.25) is 6.29 Å². The number of nitrogens with zero attached hydrogens (tertiary/aromatic N) is 1. The molecule has 5 saturated carbocycles. The Kier molecular flexibility index (Phi) is 17.7. The number of hydrogen-bond donors (Lipinski definition) is 0. The van der Waals surface area contributed by atoms with Crippen LogP contribution in [-0.4, -0.2) is 159 Å². The van der Waals surface area contributed by atoms with Crippen molar-refractivity contribution in [3.8, 4) is 0 Å². The van der Waals surface area contributed by atoms with Gasteiger partial charge in [0.15, 0.2) is 6.29 Å². The van der Waals surface area contributed by atoms with Gasteiger partial charge >= 0.3 is 11.8 Å². The second kappa shape index (κ2) is 22.9. The van der Waals surface area contributed by atoms with Crippen molar-refractivity contribution in [1.29, 1.82) is 0 Å². The lowest BCUT2D eigenvalue weighted by Gasteiger charge is -2.66. The van der Waals surface area contributed by atoms with Crippen LogP contribution < -0.4 is 0 Å². The van der Waals surface area contributed by atoms with Crippen LogP contribution >= 0.6 is 0 Å². The lowest BCUT2D eigenvalue weighted by molar-refractivity contribution is -0.656. The standard InChI is InChI=1S/C47H81NO14/c1-4-52-43-44(55-33-32-49-2,54-28-13-25-48-26-30-51-31-27-48)45(59-40-20-12-21-40,58-38-18-10-11-19-38)46(56-34-37-22-23-37,60-39-16-6-5-7-17-39)47(62-43,57-35-36-14-8-9-15-36)61-41-24-29-53-42(41)50-3/h36-43H,4-35H2,1-3H3. The molecular weight excluding hydrogens is 803 g/mol. The number of ether oxygens (including phenoxy) is 14. The molecule has 0 N–H and O–H groups in total. The Balaban J connectivity index is 1.35. The van der Waals surface area contributed by atoms with Gasteiger partial charge in [0, 0.05) is 46.9 Å². The highest BCUT2D eigenvalue weighted by Crippen LogP contribution is 2.62. The van der Waals surface area contributed by atoms with Crippen LogP contribution in [-0.2, 0) is 66.3 Å². The van der Waals surface area contributed by atoms with Crippen molar-refractivity contribution in [2.45, 2.75) is 196 Å². The third-order valence-electron chi connectivity index (χ3n) is 14.5. The summed E-state index contributed by atoms with van der Waals surface area (Å²) >= 11 is 0. The molecule has 0 aromatic carbocycles. The topological polar surface area (TPSA) is 132 Å². The Hall–Kier alpha value is -0.600. The second-order valence-corrected chi connectivity index (χ2v) is 19.1. The molecule has 3 heterocycles. The van der Waals surface area contributed by atoms with Crippen LogP contribution in [0.15, 0.2) is 0 Å². The van der Waals surface area contributed by atoms with Crippen molar-refractivity contribution < 1.29 is 66.3 Å². The minimum absolute atomic E-state index is 0.123. The van der Waals surface area contributed by atoms with Gasteiger partial charge < -0.3 is 61.6 Å². The van der Waals surface area contributed by atoms with E-state index in [-0.39, 0.29) is 50.7 Å². The van der Waals surface area contributed by atoms with Crippen molar-refractivity contribution >= 4 is 0 Å². The first-order valence-electron chi connectivity index (χ1n) is 25.0. The van der Waals surface area contributed by atoms with Crippen molar-refractivity contribution in [2.75, 3.05) is 93.3 Å². The molecule has 8 rings (SSSR count). The number of rotatable bonds is 26. The van der Waals surface area contributed by atoms with E-state index in [1.165, 1.54) is 0 Å². The maximum Gasteiger partial charge on any atom is 0.349 e. The first kappa shape index (κ1) is 47.9. The van der Waals surface area contributed by atoms with Gasteiger partial charge in [-0.05, 0) is 95.8 Å². The van der Waals surface area contributed by atoms with Crippen LogP contribution in [0.1, 0.15) is 135 Å². The number of hydrogen-bond acceptors (Lipinski definition) is 15. The highest BCUT2D eigenvalue weighted by molar-refractivity contribution is 5.14. The summed E-state index contributed by atoms with van der Waals surface area (Å²) in [5, 5.41) is 0. The first-order chi connectivity index (χ1) is 30.5. The summed E-state index contributed by atoms with van der Waals surface area (Å²) in [4.78, 5) is 2.41. The van der Waals surface area contributed by atoms with E-state index in [1.807, 2.05) is 6.92 Å². The van der Waals surface area contributed by atoms with Gasteiger partial charge in [0.05, 0.1) is 71.2 Å². The fourth-order valence-electron chi connectivity index (χ4n) is 10.5. The summed E-state index contributed by atoms with van der Waals surface area (Å²) in [6.07, 6.45) is 15.4. The van der Waals surface area contributed by atoms with Gasteiger partial charge in [0.1, 0.15) is 6.10 Å². The predicted molar refractivity (Wildman–Crippen MR) is 226 cm³/mol. The molecule has 15 heteroatoms. The Morgan fingerprint density at radius 2 is 1.19 bits per heavy atom. The molecule has 3 aliphatic heterocycles. The molecule has 0 spiro atoms.